The van der Waals surface area contributed by atoms with Crippen LogP contribution in [0.15, 0.2) is 164 Å². The fraction of sp³-hybridized carbons (Fsp3) is 0.292. The van der Waals surface area contributed by atoms with E-state index in [1.165, 1.54) is 50.4 Å². The Hall–Kier alpha value is -9.18. The fourth-order valence-electron chi connectivity index (χ4n) is 11.2. The average Bonchev–Trinajstić information content (AvgIpc) is 3.58. The van der Waals surface area contributed by atoms with Gasteiger partial charge in [-0.3, -0.25) is 29.0 Å². The van der Waals surface area contributed by atoms with Gasteiger partial charge in [-0.1, -0.05) is 99.2 Å². The first-order valence-corrected chi connectivity index (χ1v) is 27.4. The number of fused-ring (bicyclic) bond motifs is 2. The number of amides is 4. The van der Waals surface area contributed by atoms with E-state index in [0.717, 1.165) is 75.3 Å². The number of ether oxygens (including phenoxy) is 4. The molecule has 2 atom stereocenters. The maximum atomic E-state index is 15.3. The molecule has 2 aliphatic carbocycles. The van der Waals surface area contributed by atoms with Crippen LogP contribution in [0, 0.1) is 0 Å². The van der Waals surface area contributed by atoms with Gasteiger partial charge in [-0.2, -0.15) is 0 Å². The van der Waals surface area contributed by atoms with Crippen LogP contribution in [0.1, 0.15) is 119 Å². The molecule has 2 fully saturated rings. The molecule has 4 amide bonds. The van der Waals surface area contributed by atoms with Crippen molar-refractivity contribution in [3.05, 3.63) is 200 Å². The highest BCUT2D eigenvalue weighted by molar-refractivity contribution is 6.12. The molecule has 8 aromatic rings. The molecule has 0 aliphatic heterocycles. The third-order valence-electron chi connectivity index (χ3n) is 15.4. The topological polar surface area (TPSA) is 196 Å². The smallest absolute Gasteiger partial charge is 0.349 e. The lowest BCUT2D eigenvalue weighted by molar-refractivity contribution is -0.124. The lowest BCUT2D eigenvalue weighted by Gasteiger charge is -2.34. The second-order valence-electron chi connectivity index (χ2n) is 20.5. The lowest BCUT2D eigenvalue weighted by Crippen LogP contribution is -2.48. The second-order valence-corrected chi connectivity index (χ2v) is 20.5. The van der Waals surface area contributed by atoms with Crippen LogP contribution < -0.4 is 50.6 Å². The van der Waals surface area contributed by atoms with Crippen LogP contribution in [0.4, 0.5) is 11.4 Å². The van der Waals surface area contributed by atoms with Gasteiger partial charge in [0.1, 0.15) is 57.4 Å². The van der Waals surface area contributed by atoms with Crippen molar-refractivity contribution in [3.63, 3.8) is 0 Å². The molecule has 16 heteroatoms. The maximum Gasteiger partial charge on any atom is 0.349 e. The van der Waals surface area contributed by atoms with E-state index in [-0.39, 0.29) is 23.2 Å². The normalized spacial score (nSPS) is 14.6. The molecule has 2 saturated carbocycles. The van der Waals surface area contributed by atoms with E-state index in [9.17, 15) is 19.2 Å². The Balaban J connectivity index is 1.03. The molecule has 0 bridgehead atoms. The van der Waals surface area contributed by atoms with Crippen molar-refractivity contribution in [3.8, 4) is 23.0 Å². The van der Waals surface area contributed by atoms with Gasteiger partial charge in [0.25, 0.3) is 11.8 Å². The molecule has 416 valence electrons. The van der Waals surface area contributed by atoms with Crippen LogP contribution in [-0.4, -0.2) is 64.2 Å². The molecule has 2 unspecified atom stereocenters. The van der Waals surface area contributed by atoms with E-state index in [1.807, 2.05) is 24.3 Å². The summed E-state index contributed by atoms with van der Waals surface area (Å²) in [4.78, 5) is 90.8. The third kappa shape index (κ3) is 12.1. The summed E-state index contributed by atoms with van der Waals surface area (Å²) in [5.41, 5.74) is 1.32. The van der Waals surface area contributed by atoms with Crippen molar-refractivity contribution in [2.75, 3.05) is 38.2 Å². The highest BCUT2D eigenvalue weighted by Crippen LogP contribution is 2.40. The summed E-state index contributed by atoms with van der Waals surface area (Å²) < 4.78 is 34.2. The van der Waals surface area contributed by atoms with Crippen LogP contribution in [-0.2, 0) is 16.0 Å². The van der Waals surface area contributed by atoms with E-state index in [0.29, 0.717) is 73.9 Å². The van der Waals surface area contributed by atoms with Crippen molar-refractivity contribution in [2.45, 2.75) is 94.8 Å². The number of hydrogen-bond acceptors (Lipinski definition) is 12. The third-order valence-corrected chi connectivity index (χ3v) is 15.4. The molecule has 2 aromatic heterocycles. The second kappa shape index (κ2) is 24.9. The summed E-state index contributed by atoms with van der Waals surface area (Å²) in [6, 6.07) is 38.2. The van der Waals surface area contributed by atoms with Gasteiger partial charge in [0.05, 0.1) is 28.4 Å². The number of nitrogens with one attached hydrogen (secondary N) is 2. The van der Waals surface area contributed by atoms with Crippen molar-refractivity contribution < 1.29 is 47.0 Å². The van der Waals surface area contributed by atoms with Crippen LogP contribution in [0.5, 0.6) is 23.0 Å². The van der Waals surface area contributed by atoms with E-state index in [2.05, 4.69) is 10.6 Å². The lowest BCUT2D eigenvalue weighted by atomic mass is 9.94. The summed E-state index contributed by atoms with van der Waals surface area (Å²) in [6.45, 7) is 0. The molecule has 81 heavy (non-hydrogen) atoms. The molecular weight excluding hydrogens is 1030 g/mol. The van der Waals surface area contributed by atoms with Gasteiger partial charge in [-0.15, -0.1) is 0 Å². The first kappa shape index (κ1) is 55.1. The first-order chi connectivity index (χ1) is 39.4. The number of para-hydroxylation sites is 2. The summed E-state index contributed by atoms with van der Waals surface area (Å²) in [5, 5.41) is 7.51. The van der Waals surface area contributed by atoms with Gasteiger partial charge < -0.3 is 38.4 Å². The Morgan fingerprint density at radius 3 is 1.23 bits per heavy atom. The van der Waals surface area contributed by atoms with Gasteiger partial charge in [-0.05, 0) is 116 Å². The van der Waals surface area contributed by atoms with Gasteiger partial charge in [-0.25, -0.2) is 9.59 Å². The fourth-order valence-corrected chi connectivity index (χ4v) is 11.2. The molecule has 2 aliphatic rings. The Morgan fingerprint density at radius 2 is 0.864 bits per heavy atom. The number of benzene rings is 6. The van der Waals surface area contributed by atoms with E-state index < -0.39 is 47.0 Å². The number of methoxy groups -OCH3 is 4. The molecule has 0 spiro atoms. The van der Waals surface area contributed by atoms with Gasteiger partial charge in [0, 0.05) is 57.5 Å². The SMILES string of the molecule is COc1ccc(C(C(=O)NC2CCCCC2)N(C(=O)c2cc3ccccc3oc2=O)c2ccc(Cc3ccc(N(C(=O)c4cc5ccccc5oc4=O)C(C(=O)NC4CCCCC4)c4ccc(OC)cc4OC)cc3)cc2)c(OC)c1. The molecule has 6 aromatic carbocycles. The largest absolute Gasteiger partial charge is 0.497 e. The Morgan fingerprint density at radius 1 is 0.481 bits per heavy atom. The molecule has 2 heterocycles. The molecule has 10 rings (SSSR count). The van der Waals surface area contributed by atoms with Gasteiger partial charge in [0.2, 0.25) is 11.8 Å². The van der Waals surface area contributed by atoms with Crippen LogP contribution in [0.3, 0.4) is 0 Å². The molecular formula is C65H64N4O12. The Labute approximate surface area is 468 Å². The number of nitrogens with zero attached hydrogens (tertiary/aromatic N) is 2. The maximum absolute atomic E-state index is 15.3. The van der Waals surface area contributed by atoms with Gasteiger partial charge >= 0.3 is 11.3 Å². The van der Waals surface area contributed by atoms with Crippen LogP contribution in [0.2, 0.25) is 0 Å². The zero-order valence-corrected chi connectivity index (χ0v) is 45.7. The van der Waals surface area contributed by atoms with E-state index in [1.54, 1.807) is 109 Å². The summed E-state index contributed by atoms with van der Waals surface area (Å²) in [5.74, 6) is -0.911. The minimum atomic E-state index is -1.33. The quantitative estimate of drug-likeness (QED) is 0.0773. The zero-order valence-electron chi connectivity index (χ0n) is 45.7. The van der Waals surface area contributed by atoms with Crippen LogP contribution in [0.25, 0.3) is 21.9 Å². The minimum absolute atomic E-state index is 0.132. The Kier molecular flexibility index (Phi) is 16.9. The molecule has 2 N–H and O–H groups in total. The predicted molar refractivity (Wildman–Crippen MR) is 309 cm³/mol. The van der Waals surface area contributed by atoms with Crippen molar-refractivity contribution in [2.24, 2.45) is 0 Å². The zero-order chi connectivity index (χ0) is 56.6. The van der Waals surface area contributed by atoms with Gasteiger partial charge in [0.15, 0.2) is 0 Å². The summed E-state index contributed by atoms with van der Waals surface area (Å²) in [7, 11) is 5.99. The molecule has 0 saturated heterocycles. The molecule has 16 nitrogen and oxygen atoms in total. The molecule has 0 radical (unpaired) electrons. The highest BCUT2D eigenvalue weighted by atomic mass is 16.5. The predicted octanol–water partition coefficient (Wildman–Crippen LogP) is 11.2. The summed E-state index contributed by atoms with van der Waals surface area (Å²) >= 11 is 0. The summed E-state index contributed by atoms with van der Waals surface area (Å²) in [6.07, 6.45) is 9.39. The van der Waals surface area contributed by atoms with E-state index in [4.69, 9.17) is 27.8 Å². The Bertz CT molecular complexity index is 3470. The average molecular weight is 1090 g/mol. The monoisotopic (exact) mass is 1090 g/mol. The standard InChI is InChI=1S/C65H64N4O12/c1-76-48-31-33-50(56(38-48)78-3)58(60(70)66-44-17-7-5-8-18-44)68(62(72)52-36-42-15-11-13-21-54(42)80-64(52)74)46-27-23-40(24-28-46)35-41-25-29-47(30-26-41)69(63(73)53-37-43-16-12-14-22-55(43)81-65(53)75)59(61(71)67-45-19-9-6-10-20-45)51-34-32-49(77-2)39-57(51)79-4/h11-16,21-34,36-39,44-45,58-59H,5-10,17-20,35H2,1-4H3,(H,66,70)(H,67,71). The number of rotatable bonds is 18. The highest BCUT2D eigenvalue weighted by Gasteiger charge is 2.40. The van der Waals surface area contributed by atoms with Crippen molar-refractivity contribution in [1.29, 1.82) is 0 Å². The minimum Gasteiger partial charge on any atom is -0.497 e. The number of anilines is 2. The van der Waals surface area contributed by atoms with E-state index >= 15 is 9.59 Å². The number of carbonyl (C=O) groups excluding carboxylic acids is 4. The van der Waals surface area contributed by atoms with Crippen molar-refractivity contribution in [1.82, 2.24) is 10.6 Å². The van der Waals surface area contributed by atoms with Crippen molar-refractivity contribution >= 4 is 56.9 Å². The number of carbonyl (C=O) groups is 4. The first-order valence-electron chi connectivity index (χ1n) is 27.4. The van der Waals surface area contributed by atoms with Crippen LogP contribution >= 0.6 is 0 Å². The number of hydrogen-bond donors (Lipinski definition) is 2.